The second-order valence-electron chi connectivity index (χ2n) is 4.95. The lowest BCUT2D eigenvalue weighted by molar-refractivity contribution is -0.130. The highest BCUT2D eigenvalue weighted by Gasteiger charge is 2.21. The number of anilines is 2. The van der Waals surface area contributed by atoms with Gasteiger partial charge in [-0.15, -0.1) is 12.4 Å². The molecule has 2 amide bonds. The van der Waals surface area contributed by atoms with Gasteiger partial charge in [0.25, 0.3) is 0 Å². The molecule has 0 atom stereocenters. The van der Waals surface area contributed by atoms with Gasteiger partial charge in [-0.3, -0.25) is 9.59 Å². The van der Waals surface area contributed by atoms with Crippen LogP contribution in [0.3, 0.4) is 0 Å². The molecule has 0 saturated heterocycles. The standard InChI is InChI=1S/C12H18N4O2.ClH/c1-12(2,3)11(18)15-7-10(17)16-8-4-5-9(13)14-6-8;/h4-6H,7H2,1-3H3,(H2,13,14)(H,15,18)(H,16,17);1H. The molecule has 4 N–H and O–H groups in total. The lowest BCUT2D eigenvalue weighted by Gasteiger charge is -2.17. The summed E-state index contributed by atoms with van der Waals surface area (Å²) in [5.74, 6) is -0.0960. The molecule has 7 heteroatoms. The van der Waals surface area contributed by atoms with E-state index < -0.39 is 5.41 Å². The molecule has 0 radical (unpaired) electrons. The van der Waals surface area contributed by atoms with Gasteiger partial charge in [-0.2, -0.15) is 0 Å². The van der Waals surface area contributed by atoms with Gasteiger partial charge in [-0.1, -0.05) is 20.8 Å². The van der Waals surface area contributed by atoms with E-state index in [9.17, 15) is 9.59 Å². The molecule has 0 spiro atoms. The van der Waals surface area contributed by atoms with Crippen LogP contribution in [0, 0.1) is 5.41 Å². The van der Waals surface area contributed by atoms with Crippen molar-refractivity contribution >= 4 is 35.7 Å². The normalized spacial score (nSPS) is 10.3. The maximum absolute atomic E-state index is 11.5. The summed E-state index contributed by atoms with van der Waals surface area (Å²) in [6, 6.07) is 3.23. The Labute approximate surface area is 118 Å². The Morgan fingerprint density at radius 1 is 1.32 bits per heavy atom. The predicted octanol–water partition coefficient (Wildman–Crippen LogP) is 1.19. The molecule has 1 aromatic heterocycles. The molecule has 0 aliphatic heterocycles. The number of nitrogens with zero attached hydrogens (tertiary/aromatic N) is 1. The topological polar surface area (TPSA) is 97.1 Å². The van der Waals surface area contributed by atoms with E-state index in [1.54, 1.807) is 32.9 Å². The summed E-state index contributed by atoms with van der Waals surface area (Å²) in [5, 5.41) is 5.16. The highest BCUT2D eigenvalue weighted by molar-refractivity contribution is 5.95. The average Bonchev–Trinajstić information content (AvgIpc) is 2.28. The number of carbonyl (C=O) groups is 2. The van der Waals surface area contributed by atoms with Gasteiger partial charge in [0.05, 0.1) is 18.4 Å². The second-order valence-corrected chi connectivity index (χ2v) is 4.95. The smallest absolute Gasteiger partial charge is 0.243 e. The molecule has 19 heavy (non-hydrogen) atoms. The first-order valence-corrected chi connectivity index (χ1v) is 5.59. The summed E-state index contributed by atoms with van der Waals surface area (Å²) in [6.45, 7) is 5.28. The predicted molar refractivity (Wildman–Crippen MR) is 77.0 cm³/mol. The Bertz CT molecular complexity index is 440. The Morgan fingerprint density at radius 2 is 1.95 bits per heavy atom. The highest BCUT2D eigenvalue weighted by atomic mass is 35.5. The van der Waals surface area contributed by atoms with Gasteiger partial charge in [-0.25, -0.2) is 4.98 Å². The third-order valence-corrected chi connectivity index (χ3v) is 2.16. The van der Waals surface area contributed by atoms with Crippen LogP contribution in [0.15, 0.2) is 18.3 Å². The number of pyridine rings is 1. The molecular weight excluding hydrogens is 268 g/mol. The van der Waals surface area contributed by atoms with Crippen LogP contribution >= 0.6 is 12.4 Å². The molecule has 0 bridgehead atoms. The van der Waals surface area contributed by atoms with E-state index in [0.717, 1.165) is 0 Å². The van der Waals surface area contributed by atoms with Crippen molar-refractivity contribution in [3.63, 3.8) is 0 Å². The van der Waals surface area contributed by atoms with E-state index in [4.69, 9.17) is 5.73 Å². The summed E-state index contributed by atoms with van der Waals surface area (Å²) < 4.78 is 0. The SMILES string of the molecule is CC(C)(C)C(=O)NCC(=O)Nc1ccc(N)nc1.Cl. The van der Waals surface area contributed by atoms with Crippen molar-refractivity contribution in [2.75, 3.05) is 17.6 Å². The molecule has 0 saturated carbocycles. The van der Waals surface area contributed by atoms with Crippen molar-refractivity contribution in [3.8, 4) is 0 Å². The first-order chi connectivity index (χ1) is 8.29. The minimum atomic E-state index is -0.511. The van der Waals surface area contributed by atoms with Crippen LogP contribution in [-0.2, 0) is 9.59 Å². The zero-order valence-corrected chi connectivity index (χ0v) is 12.0. The van der Waals surface area contributed by atoms with Crippen molar-refractivity contribution in [3.05, 3.63) is 18.3 Å². The first-order valence-electron chi connectivity index (χ1n) is 5.59. The largest absolute Gasteiger partial charge is 0.384 e. The Balaban J connectivity index is 0.00000324. The van der Waals surface area contributed by atoms with E-state index >= 15 is 0 Å². The molecule has 1 aromatic rings. The first kappa shape index (κ1) is 17.2. The highest BCUT2D eigenvalue weighted by Crippen LogP contribution is 2.12. The molecule has 0 aliphatic carbocycles. The van der Waals surface area contributed by atoms with Gasteiger partial charge in [-0.05, 0) is 12.1 Å². The monoisotopic (exact) mass is 286 g/mol. The van der Waals surface area contributed by atoms with Crippen LogP contribution in [0.4, 0.5) is 11.5 Å². The van der Waals surface area contributed by atoms with E-state index in [-0.39, 0.29) is 30.8 Å². The third kappa shape index (κ3) is 6.05. The number of amides is 2. The second kappa shape index (κ2) is 6.94. The van der Waals surface area contributed by atoms with Crippen LogP contribution in [0.25, 0.3) is 0 Å². The summed E-state index contributed by atoms with van der Waals surface area (Å²) in [6.07, 6.45) is 1.46. The summed E-state index contributed by atoms with van der Waals surface area (Å²) in [5.41, 5.74) is 5.45. The zero-order valence-electron chi connectivity index (χ0n) is 11.2. The maximum Gasteiger partial charge on any atom is 0.243 e. The van der Waals surface area contributed by atoms with Gasteiger partial charge in [0.1, 0.15) is 5.82 Å². The zero-order chi connectivity index (χ0) is 13.8. The van der Waals surface area contributed by atoms with Gasteiger partial charge in [0.15, 0.2) is 0 Å². The van der Waals surface area contributed by atoms with Crippen LogP contribution in [0.1, 0.15) is 20.8 Å². The van der Waals surface area contributed by atoms with Gasteiger partial charge in [0, 0.05) is 5.41 Å². The molecule has 0 aromatic carbocycles. The Kier molecular flexibility index (Phi) is 6.27. The molecule has 1 heterocycles. The molecule has 6 nitrogen and oxygen atoms in total. The van der Waals surface area contributed by atoms with Crippen molar-refractivity contribution in [1.29, 1.82) is 0 Å². The fourth-order valence-corrected chi connectivity index (χ4v) is 1.11. The van der Waals surface area contributed by atoms with E-state index in [2.05, 4.69) is 15.6 Å². The lowest BCUT2D eigenvalue weighted by atomic mass is 9.96. The fourth-order valence-electron chi connectivity index (χ4n) is 1.11. The number of nitrogen functional groups attached to an aromatic ring is 1. The molecule has 0 aliphatic rings. The van der Waals surface area contributed by atoms with Crippen molar-refractivity contribution in [2.24, 2.45) is 5.41 Å². The minimum Gasteiger partial charge on any atom is -0.384 e. The van der Waals surface area contributed by atoms with Crippen LogP contribution in [0.5, 0.6) is 0 Å². The Morgan fingerprint density at radius 3 is 2.42 bits per heavy atom. The number of halogens is 1. The summed E-state index contributed by atoms with van der Waals surface area (Å²) in [7, 11) is 0. The molecule has 0 fully saturated rings. The van der Waals surface area contributed by atoms with E-state index in [1.807, 2.05) is 0 Å². The number of hydrogen-bond acceptors (Lipinski definition) is 4. The number of aromatic nitrogens is 1. The molecule has 106 valence electrons. The van der Waals surface area contributed by atoms with Crippen molar-refractivity contribution in [1.82, 2.24) is 10.3 Å². The quantitative estimate of drug-likeness (QED) is 0.777. The van der Waals surface area contributed by atoms with Crippen LogP contribution < -0.4 is 16.4 Å². The number of carbonyl (C=O) groups excluding carboxylic acids is 2. The minimum absolute atomic E-state index is 0. The van der Waals surface area contributed by atoms with Crippen molar-refractivity contribution < 1.29 is 9.59 Å². The number of nitrogens with one attached hydrogen (secondary N) is 2. The maximum atomic E-state index is 11.5. The van der Waals surface area contributed by atoms with Gasteiger partial charge < -0.3 is 16.4 Å². The summed E-state index contributed by atoms with van der Waals surface area (Å²) in [4.78, 5) is 26.9. The Hall–Kier alpha value is -1.82. The molecule has 1 rings (SSSR count). The molecule has 0 unspecified atom stereocenters. The van der Waals surface area contributed by atoms with Crippen molar-refractivity contribution in [2.45, 2.75) is 20.8 Å². The van der Waals surface area contributed by atoms with E-state index in [1.165, 1.54) is 6.20 Å². The van der Waals surface area contributed by atoms with Crippen LogP contribution in [-0.4, -0.2) is 23.3 Å². The fraction of sp³-hybridized carbons (Fsp3) is 0.417. The molecular formula is C12H19ClN4O2. The van der Waals surface area contributed by atoms with Gasteiger partial charge in [0.2, 0.25) is 11.8 Å². The van der Waals surface area contributed by atoms with Gasteiger partial charge >= 0.3 is 0 Å². The average molecular weight is 287 g/mol. The number of hydrogen-bond donors (Lipinski definition) is 3. The number of nitrogens with two attached hydrogens (primary N) is 1. The van der Waals surface area contributed by atoms with Crippen LogP contribution in [0.2, 0.25) is 0 Å². The number of rotatable bonds is 3. The summed E-state index contributed by atoms with van der Waals surface area (Å²) >= 11 is 0. The third-order valence-electron chi connectivity index (χ3n) is 2.16. The van der Waals surface area contributed by atoms with E-state index in [0.29, 0.717) is 11.5 Å². The lowest BCUT2D eigenvalue weighted by Crippen LogP contribution is -2.39.